The van der Waals surface area contributed by atoms with E-state index in [1.165, 1.54) is 0 Å². The Balaban J connectivity index is -0.000000276. The van der Waals surface area contributed by atoms with Crippen LogP contribution in [0.5, 0.6) is 0 Å². The Morgan fingerprint density at radius 1 is 1.47 bits per heavy atom. The molecule has 1 fully saturated rings. The van der Waals surface area contributed by atoms with Crippen molar-refractivity contribution in [2.75, 3.05) is 13.1 Å². The zero-order valence-corrected chi connectivity index (χ0v) is 16.6. The van der Waals surface area contributed by atoms with Crippen molar-refractivity contribution in [2.24, 2.45) is 0 Å². The Morgan fingerprint density at radius 3 is 2.12 bits per heavy atom. The molecule has 0 amide bonds. The first-order valence-corrected chi connectivity index (χ1v) is 5.27. The third-order valence-corrected chi connectivity index (χ3v) is 2.04. The van der Waals surface area contributed by atoms with Gasteiger partial charge in [0.1, 0.15) is 0 Å². The van der Waals surface area contributed by atoms with Gasteiger partial charge < -0.3 is 18.7 Å². The van der Waals surface area contributed by atoms with Gasteiger partial charge >= 0.3 is 21.1 Å². The van der Waals surface area contributed by atoms with Crippen molar-refractivity contribution in [3.05, 3.63) is 55.7 Å². The van der Waals surface area contributed by atoms with E-state index in [1.807, 2.05) is 32.1 Å². The van der Waals surface area contributed by atoms with Gasteiger partial charge in [-0.3, -0.25) is 0 Å². The Hall–Kier alpha value is 0.842. The number of allylic oxidation sites excluding steroid dienone is 6. The van der Waals surface area contributed by atoms with Gasteiger partial charge in [-0.2, -0.15) is 17.2 Å². The van der Waals surface area contributed by atoms with Crippen LogP contribution in [0.2, 0.25) is 0 Å². The molecule has 0 aromatic carbocycles. The van der Waals surface area contributed by atoms with E-state index in [9.17, 15) is 0 Å². The summed E-state index contributed by atoms with van der Waals surface area (Å²) in [7, 11) is 0. The fourth-order valence-electron chi connectivity index (χ4n) is 1.01. The van der Waals surface area contributed by atoms with Crippen molar-refractivity contribution in [2.45, 2.75) is 20.3 Å². The van der Waals surface area contributed by atoms with Crippen molar-refractivity contribution >= 4 is 0 Å². The second-order valence-corrected chi connectivity index (χ2v) is 3.09. The van der Waals surface area contributed by atoms with Gasteiger partial charge in [-0.25, -0.2) is 25.5 Å². The Kier molecular flexibility index (Phi) is 22.8. The molecule has 0 atom stereocenters. The fraction of sp³-hybridized carbons (Fsp3) is 0.357. The van der Waals surface area contributed by atoms with Crippen LogP contribution in [0.15, 0.2) is 29.4 Å². The molecule has 0 aromatic heterocycles. The molecule has 17 heavy (non-hydrogen) atoms. The van der Waals surface area contributed by atoms with Crippen molar-refractivity contribution in [1.82, 2.24) is 5.32 Å². The van der Waals surface area contributed by atoms with Gasteiger partial charge in [-0.05, 0) is 0 Å². The smallest absolute Gasteiger partial charge is 0.376 e. The van der Waals surface area contributed by atoms with Gasteiger partial charge in [-0.15, -0.1) is 19.2 Å². The van der Waals surface area contributed by atoms with E-state index >= 15 is 0 Å². The second kappa shape index (κ2) is 16.8. The number of hydrogen-bond donors (Lipinski definition) is 1. The molecular formula is C14H21NWY-2. The molecule has 0 saturated carbocycles. The topological polar surface area (TPSA) is 12.0 Å². The normalized spacial score (nSPS) is 15.0. The molecule has 1 N–H and O–H groups in total. The van der Waals surface area contributed by atoms with Gasteiger partial charge in [0.25, 0.3) is 0 Å². The zero-order chi connectivity index (χ0) is 11.5. The largest absolute Gasteiger partial charge is 2.00 e. The van der Waals surface area contributed by atoms with E-state index < -0.39 is 0 Å². The second-order valence-electron chi connectivity index (χ2n) is 3.09. The number of nitrogens with one attached hydrogen (secondary N) is 1. The van der Waals surface area contributed by atoms with Crippen LogP contribution < -0.4 is 5.32 Å². The maximum atomic E-state index is 3.80. The molecular weight excluding hydrogens is 455 g/mol. The quantitative estimate of drug-likeness (QED) is 0.488. The summed E-state index contributed by atoms with van der Waals surface area (Å²) in [4.78, 5) is 0. The van der Waals surface area contributed by atoms with Crippen LogP contribution in [0.4, 0.5) is 0 Å². The molecule has 0 bridgehead atoms. The molecule has 1 aliphatic heterocycles. The standard InChI is InChI=1S/C11H15.C3H6N.W.Y/c1-5-9-11(8-4)10(6-2)7-3;1-2-4-3-1;;/h5-6,9H,2-3,7H2,1,4H3;1,4H,2-3H2;;/q-3;-1;+2;/b9-5-,10-6+;;;. The maximum Gasteiger partial charge on any atom is 2.00 e. The third kappa shape index (κ3) is 11.7. The van der Waals surface area contributed by atoms with Crippen LogP contribution >= 0.6 is 0 Å². The summed E-state index contributed by atoms with van der Waals surface area (Å²) in [6.45, 7) is 13.7. The summed E-state index contributed by atoms with van der Waals surface area (Å²) in [5.74, 6) is 0. The summed E-state index contributed by atoms with van der Waals surface area (Å²) in [6.07, 6.45) is 11.9. The molecule has 1 rings (SSSR count). The van der Waals surface area contributed by atoms with Gasteiger partial charge in [0.2, 0.25) is 0 Å². The van der Waals surface area contributed by atoms with Crippen LogP contribution in [0.1, 0.15) is 20.3 Å². The Morgan fingerprint density at radius 2 is 1.94 bits per heavy atom. The first-order valence-electron chi connectivity index (χ1n) is 5.27. The fourth-order valence-corrected chi connectivity index (χ4v) is 1.01. The number of hydrogen-bond acceptors (Lipinski definition) is 1. The van der Waals surface area contributed by atoms with Crippen molar-refractivity contribution in [3.63, 3.8) is 0 Å². The summed E-state index contributed by atoms with van der Waals surface area (Å²) in [6, 6.07) is 0. The molecule has 1 saturated heterocycles. The van der Waals surface area contributed by atoms with E-state index in [0.29, 0.717) is 0 Å². The molecule has 1 aliphatic rings. The van der Waals surface area contributed by atoms with E-state index in [4.69, 9.17) is 0 Å². The van der Waals surface area contributed by atoms with Crippen LogP contribution in [-0.2, 0) is 53.8 Å². The first kappa shape index (κ1) is 23.0. The Labute approximate surface area is 147 Å². The van der Waals surface area contributed by atoms with Crippen molar-refractivity contribution < 1.29 is 53.8 Å². The van der Waals surface area contributed by atoms with E-state index in [2.05, 4.69) is 31.7 Å². The van der Waals surface area contributed by atoms with Crippen LogP contribution in [-0.4, -0.2) is 13.1 Å². The molecule has 1 nitrogen and oxygen atoms in total. The van der Waals surface area contributed by atoms with E-state index in [1.54, 1.807) is 0 Å². The minimum atomic E-state index is 0. The first-order chi connectivity index (χ1) is 7.29. The van der Waals surface area contributed by atoms with Crippen molar-refractivity contribution in [1.29, 1.82) is 0 Å². The molecule has 1 radical (unpaired) electrons. The van der Waals surface area contributed by atoms with Gasteiger partial charge in [0, 0.05) is 32.7 Å². The summed E-state index contributed by atoms with van der Waals surface area (Å²) >= 11 is 0. The van der Waals surface area contributed by atoms with Gasteiger partial charge in [-0.1, -0.05) is 13.8 Å². The van der Waals surface area contributed by atoms with Gasteiger partial charge in [0.15, 0.2) is 0 Å². The molecule has 0 aromatic rings. The zero-order valence-electron chi connectivity index (χ0n) is 10.8. The molecule has 0 spiro atoms. The molecule has 3 heteroatoms. The monoisotopic (exact) mass is 476 g/mol. The third-order valence-electron chi connectivity index (χ3n) is 2.04. The van der Waals surface area contributed by atoms with Gasteiger partial charge in [0.05, 0.1) is 0 Å². The number of rotatable bonds is 3. The average Bonchev–Trinajstić information content (AvgIpc) is 2.15. The Bertz CT molecular complexity index is 237. The average molecular weight is 476 g/mol. The van der Waals surface area contributed by atoms with Crippen LogP contribution in [0.3, 0.4) is 0 Å². The summed E-state index contributed by atoms with van der Waals surface area (Å²) < 4.78 is 0. The molecule has 0 unspecified atom stereocenters. The van der Waals surface area contributed by atoms with Crippen LogP contribution in [0.25, 0.3) is 0 Å². The predicted octanol–water partition coefficient (Wildman–Crippen LogP) is 3.09. The molecule has 0 aliphatic carbocycles. The summed E-state index contributed by atoms with van der Waals surface area (Å²) in [5.41, 5.74) is 2.24. The van der Waals surface area contributed by atoms with Crippen molar-refractivity contribution in [3.8, 4) is 0 Å². The van der Waals surface area contributed by atoms with Crippen LogP contribution in [0, 0.1) is 26.3 Å². The maximum absolute atomic E-state index is 3.80. The predicted molar refractivity (Wildman–Crippen MR) is 67.8 cm³/mol. The summed E-state index contributed by atoms with van der Waals surface area (Å²) in [5, 5.41) is 3.06. The molecule has 93 valence electrons. The SMILES string of the molecule is [CH-]1CNC1.[CH2-]/C=C(\C[CH2-])C(=[C-]C)/C=C\C.[W+2].[Y]. The minimum absolute atomic E-state index is 0. The van der Waals surface area contributed by atoms with E-state index in [0.717, 1.165) is 30.7 Å². The minimum Gasteiger partial charge on any atom is -0.376 e. The molecule has 1 heterocycles. The van der Waals surface area contributed by atoms with E-state index in [-0.39, 0.29) is 53.8 Å².